The number of benzene rings is 3. The molecule has 1 atom stereocenters. The maximum atomic E-state index is 5.84. The highest BCUT2D eigenvalue weighted by molar-refractivity contribution is 7.80. The molecule has 0 radical (unpaired) electrons. The summed E-state index contributed by atoms with van der Waals surface area (Å²) in [6.07, 6.45) is 0. The van der Waals surface area contributed by atoms with Crippen molar-refractivity contribution >= 4 is 28.6 Å². The van der Waals surface area contributed by atoms with Gasteiger partial charge in [-0.15, -0.1) is 0 Å². The highest BCUT2D eigenvalue weighted by Gasteiger charge is 2.35. The van der Waals surface area contributed by atoms with Gasteiger partial charge in [-0.05, 0) is 80.2 Å². The van der Waals surface area contributed by atoms with E-state index in [1.807, 2.05) is 72.5 Å². The molecule has 7 nitrogen and oxygen atoms in total. The number of aryl methyl sites for hydroxylation is 1. The first kappa shape index (κ1) is 23.6. The van der Waals surface area contributed by atoms with E-state index in [-0.39, 0.29) is 6.04 Å². The second kappa shape index (κ2) is 9.83. The Morgan fingerprint density at radius 2 is 1.64 bits per heavy atom. The van der Waals surface area contributed by atoms with Crippen molar-refractivity contribution in [3.05, 3.63) is 95.5 Å². The van der Waals surface area contributed by atoms with Gasteiger partial charge in [-0.25, -0.2) is 0 Å². The third-order valence-corrected chi connectivity index (χ3v) is 6.51. The van der Waals surface area contributed by atoms with Gasteiger partial charge in [0.1, 0.15) is 11.5 Å². The first-order valence-electron chi connectivity index (χ1n) is 11.5. The first-order chi connectivity index (χ1) is 17.5. The van der Waals surface area contributed by atoms with Crippen LogP contribution in [-0.2, 0) is 0 Å². The monoisotopic (exact) mass is 498 g/mol. The van der Waals surface area contributed by atoms with Crippen LogP contribution in [0, 0.1) is 6.92 Å². The number of nitrogens with one attached hydrogen (secondary N) is 1. The van der Waals surface area contributed by atoms with Crippen molar-refractivity contribution < 1.29 is 14.0 Å². The first-order valence-corrected chi connectivity index (χ1v) is 11.9. The Bertz CT molecular complexity index is 1430. The van der Waals surface area contributed by atoms with Crippen molar-refractivity contribution in [1.29, 1.82) is 0 Å². The molecule has 3 aromatic carbocycles. The van der Waals surface area contributed by atoms with Crippen LogP contribution in [0.1, 0.15) is 30.0 Å². The molecule has 0 aliphatic carbocycles. The zero-order chi connectivity index (χ0) is 25.2. The number of allylic oxidation sites excluding steroid dienone is 1. The van der Waals surface area contributed by atoms with Crippen molar-refractivity contribution in [1.82, 2.24) is 15.5 Å². The van der Waals surface area contributed by atoms with Gasteiger partial charge in [-0.3, -0.25) is 4.90 Å². The maximum absolute atomic E-state index is 5.84. The number of methoxy groups -OCH3 is 2. The van der Waals surface area contributed by atoms with Crippen LogP contribution in [-0.4, -0.2) is 29.5 Å². The third kappa shape index (κ3) is 4.43. The average molecular weight is 499 g/mol. The Labute approximate surface area is 215 Å². The van der Waals surface area contributed by atoms with E-state index in [4.69, 9.17) is 31.2 Å². The van der Waals surface area contributed by atoms with E-state index in [1.54, 1.807) is 14.2 Å². The van der Waals surface area contributed by atoms with E-state index in [0.717, 1.165) is 39.6 Å². The summed E-state index contributed by atoms with van der Waals surface area (Å²) in [7, 11) is 3.29. The number of thiocarbonyl (C=S) groups is 1. The molecule has 8 heteroatoms. The fourth-order valence-corrected chi connectivity index (χ4v) is 4.65. The molecule has 5 rings (SSSR count). The van der Waals surface area contributed by atoms with Gasteiger partial charge in [-0.1, -0.05) is 35.0 Å². The van der Waals surface area contributed by atoms with E-state index in [1.165, 1.54) is 5.56 Å². The second-order valence-electron chi connectivity index (χ2n) is 8.48. The molecule has 1 aliphatic heterocycles. The Balaban J connectivity index is 1.63. The molecule has 1 aliphatic rings. The zero-order valence-electron chi connectivity index (χ0n) is 20.5. The van der Waals surface area contributed by atoms with Crippen LogP contribution in [0.15, 0.2) is 83.0 Å². The molecular formula is C28H26N4O3S. The molecule has 1 N–H and O–H groups in total. The fraction of sp³-hybridized carbons (Fsp3) is 0.179. The number of nitrogens with zero attached hydrogens (tertiary/aromatic N) is 3. The lowest BCUT2D eigenvalue weighted by molar-refractivity contribution is 0.403. The zero-order valence-corrected chi connectivity index (χ0v) is 21.3. The van der Waals surface area contributed by atoms with Crippen molar-refractivity contribution in [2.24, 2.45) is 0 Å². The maximum Gasteiger partial charge on any atom is 0.258 e. The molecule has 0 bridgehead atoms. The molecule has 0 spiro atoms. The fourth-order valence-electron chi connectivity index (χ4n) is 4.29. The van der Waals surface area contributed by atoms with Crippen molar-refractivity contribution in [3.8, 4) is 22.9 Å². The van der Waals surface area contributed by atoms with Gasteiger partial charge >= 0.3 is 0 Å². The molecule has 0 fully saturated rings. The number of hydrogen-bond donors (Lipinski definition) is 1. The summed E-state index contributed by atoms with van der Waals surface area (Å²) in [4.78, 5) is 6.78. The van der Waals surface area contributed by atoms with E-state index in [2.05, 4.69) is 29.5 Å². The normalized spacial score (nSPS) is 15.6. The lowest BCUT2D eigenvalue weighted by Gasteiger charge is -2.37. The minimum atomic E-state index is -0.307. The van der Waals surface area contributed by atoms with E-state index in [9.17, 15) is 0 Å². The van der Waals surface area contributed by atoms with E-state index < -0.39 is 0 Å². The van der Waals surface area contributed by atoms with Gasteiger partial charge in [0.05, 0.1) is 25.8 Å². The van der Waals surface area contributed by atoms with Gasteiger partial charge in [0.2, 0.25) is 5.82 Å². The van der Waals surface area contributed by atoms with Crippen LogP contribution < -0.4 is 19.7 Å². The topological polar surface area (TPSA) is 72.7 Å². The average Bonchev–Trinajstić information content (AvgIpc) is 3.39. The summed E-state index contributed by atoms with van der Waals surface area (Å²) in [6.45, 7) is 4.08. The second-order valence-corrected chi connectivity index (χ2v) is 8.87. The molecule has 2 heterocycles. The van der Waals surface area contributed by atoms with Crippen molar-refractivity contribution in [2.45, 2.75) is 19.9 Å². The van der Waals surface area contributed by atoms with Gasteiger partial charge < -0.3 is 19.3 Å². The highest BCUT2D eigenvalue weighted by atomic mass is 32.1. The Hall–Kier alpha value is -4.17. The van der Waals surface area contributed by atoms with Gasteiger partial charge in [0, 0.05) is 16.9 Å². The van der Waals surface area contributed by atoms with Crippen molar-refractivity contribution in [2.75, 3.05) is 19.1 Å². The SMILES string of the molecule is COc1ccc(-c2noc(C3=C(C)N(c4ccc(C)cc4)C(=S)NC3c3cccc(OC)c3)n2)cc1. The Morgan fingerprint density at radius 3 is 2.33 bits per heavy atom. The summed E-state index contributed by atoms with van der Waals surface area (Å²) in [5, 5.41) is 8.35. The summed E-state index contributed by atoms with van der Waals surface area (Å²) >= 11 is 5.84. The number of ether oxygens (including phenoxy) is 2. The van der Waals surface area contributed by atoms with E-state index in [0.29, 0.717) is 16.8 Å². The molecule has 182 valence electrons. The molecule has 4 aromatic rings. The number of anilines is 1. The molecule has 0 saturated heterocycles. The molecule has 0 saturated carbocycles. The van der Waals surface area contributed by atoms with Crippen molar-refractivity contribution in [3.63, 3.8) is 0 Å². The highest BCUT2D eigenvalue weighted by Crippen LogP contribution is 2.40. The number of aromatic nitrogens is 2. The minimum Gasteiger partial charge on any atom is -0.497 e. The molecule has 0 amide bonds. The summed E-state index contributed by atoms with van der Waals surface area (Å²) in [6, 6.07) is 23.3. The quantitative estimate of drug-likeness (QED) is 0.328. The predicted octanol–water partition coefficient (Wildman–Crippen LogP) is 5.93. The smallest absolute Gasteiger partial charge is 0.258 e. The van der Waals surface area contributed by atoms with Crippen LogP contribution in [0.5, 0.6) is 11.5 Å². The molecular weight excluding hydrogens is 472 g/mol. The summed E-state index contributed by atoms with van der Waals surface area (Å²) < 4.78 is 16.6. The van der Waals surface area contributed by atoms with Crippen LogP contribution in [0.3, 0.4) is 0 Å². The molecule has 36 heavy (non-hydrogen) atoms. The third-order valence-electron chi connectivity index (χ3n) is 6.21. The predicted molar refractivity (Wildman–Crippen MR) is 144 cm³/mol. The largest absolute Gasteiger partial charge is 0.497 e. The Morgan fingerprint density at radius 1 is 0.917 bits per heavy atom. The summed E-state index contributed by atoms with van der Waals surface area (Å²) in [5.74, 6) is 2.42. The molecule has 1 aromatic heterocycles. The lowest BCUT2D eigenvalue weighted by Crippen LogP contribution is -2.46. The van der Waals surface area contributed by atoms with Crippen LogP contribution >= 0.6 is 12.2 Å². The van der Waals surface area contributed by atoms with Gasteiger partial charge in [0.25, 0.3) is 5.89 Å². The van der Waals surface area contributed by atoms with Crippen LogP contribution in [0.25, 0.3) is 17.0 Å². The van der Waals surface area contributed by atoms with E-state index >= 15 is 0 Å². The number of rotatable bonds is 6. The van der Waals surface area contributed by atoms with Gasteiger partial charge in [0.15, 0.2) is 5.11 Å². The minimum absolute atomic E-state index is 0.307. The summed E-state index contributed by atoms with van der Waals surface area (Å²) in [5.41, 5.74) is 5.67. The lowest BCUT2D eigenvalue weighted by atomic mass is 9.94. The van der Waals surface area contributed by atoms with Gasteiger partial charge in [-0.2, -0.15) is 4.98 Å². The van der Waals surface area contributed by atoms with Crippen LogP contribution in [0.2, 0.25) is 0 Å². The molecule has 1 unspecified atom stereocenters. The van der Waals surface area contributed by atoms with Crippen LogP contribution in [0.4, 0.5) is 5.69 Å². The standard InChI is InChI=1S/C28H26N4O3S/c1-17-8-12-21(13-9-17)32-18(2)24(25(29-28(32)36)20-6-5-7-23(16-20)34-4)27-30-26(31-35-27)19-10-14-22(33-3)15-11-19/h5-16,25H,1-4H3,(H,29,36). The Kier molecular flexibility index (Phi) is 6.43. The number of hydrogen-bond acceptors (Lipinski definition) is 6.